The Bertz CT molecular complexity index is 484. The number of benzene rings is 1. The monoisotopic (exact) mass is 278 g/mol. The lowest BCUT2D eigenvalue weighted by atomic mass is 10.1. The molecular formula is C14H22N4O2. The zero-order valence-electron chi connectivity index (χ0n) is 11.9. The van der Waals surface area contributed by atoms with Crippen molar-refractivity contribution in [3.05, 3.63) is 23.8 Å². The van der Waals surface area contributed by atoms with Crippen LogP contribution in [0.3, 0.4) is 0 Å². The van der Waals surface area contributed by atoms with Gasteiger partial charge in [-0.05, 0) is 38.7 Å². The summed E-state index contributed by atoms with van der Waals surface area (Å²) in [7, 11) is 3.90. The van der Waals surface area contributed by atoms with Crippen molar-refractivity contribution in [2.75, 3.05) is 38.7 Å². The van der Waals surface area contributed by atoms with Crippen LogP contribution in [0, 0.1) is 0 Å². The fourth-order valence-electron chi connectivity index (χ4n) is 2.70. The standard InChI is InChI=1S/C14H22N4O2/c1-17(2)7-12-6-13(19)8-18(12)14(20)9-3-10(15)5-11(16)4-9/h3-5,12-13,19H,6-8,15-16H2,1-2H3. The lowest BCUT2D eigenvalue weighted by Gasteiger charge is -2.27. The van der Waals surface area contributed by atoms with E-state index in [4.69, 9.17) is 11.5 Å². The van der Waals surface area contributed by atoms with Gasteiger partial charge in [-0.3, -0.25) is 4.79 Å². The predicted octanol–water partition coefficient (Wildman–Crippen LogP) is -0.0120. The molecule has 5 N–H and O–H groups in total. The van der Waals surface area contributed by atoms with Gasteiger partial charge in [-0.25, -0.2) is 0 Å². The first-order valence-corrected chi connectivity index (χ1v) is 6.66. The summed E-state index contributed by atoms with van der Waals surface area (Å²) in [5.41, 5.74) is 12.9. The summed E-state index contributed by atoms with van der Waals surface area (Å²) in [5.74, 6) is -0.132. The molecule has 2 rings (SSSR count). The van der Waals surface area contributed by atoms with E-state index in [-0.39, 0.29) is 11.9 Å². The summed E-state index contributed by atoms with van der Waals surface area (Å²) < 4.78 is 0. The van der Waals surface area contributed by atoms with Gasteiger partial charge in [0.2, 0.25) is 0 Å². The average Bonchev–Trinajstić information content (AvgIpc) is 2.67. The van der Waals surface area contributed by atoms with E-state index in [1.807, 2.05) is 19.0 Å². The minimum absolute atomic E-state index is 0.00940. The zero-order valence-corrected chi connectivity index (χ0v) is 11.9. The maximum absolute atomic E-state index is 12.6. The Balaban J connectivity index is 2.22. The molecule has 0 saturated carbocycles. The summed E-state index contributed by atoms with van der Waals surface area (Å²) in [6.45, 7) is 1.08. The smallest absolute Gasteiger partial charge is 0.254 e. The topological polar surface area (TPSA) is 95.8 Å². The molecule has 1 fully saturated rings. The Hall–Kier alpha value is -1.79. The number of likely N-dealkylation sites (N-methyl/N-ethyl adjacent to an activating group) is 1. The fourth-order valence-corrected chi connectivity index (χ4v) is 2.70. The second-order valence-electron chi connectivity index (χ2n) is 5.65. The second-order valence-corrected chi connectivity index (χ2v) is 5.65. The zero-order chi connectivity index (χ0) is 14.9. The molecule has 1 aromatic carbocycles. The molecule has 110 valence electrons. The van der Waals surface area contributed by atoms with E-state index in [2.05, 4.69) is 0 Å². The summed E-state index contributed by atoms with van der Waals surface area (Å²) in [5, 5.41) is 9.83. The number of aliphatic hydroxyl groups is 1. The lowest BCUT2D eigenvalue weighted by Crippen LogP contribution is -2.41. The molecule has 0 spiro atoms. The first kappa shape index (κ1) is 14.6. The molecule has 2 atom stereocenters. The van der Waals surface area contributed by atoms with Crippen molar-refractivity contribution in [2.45, 2.75) is 18.6 Å². The molecule has 0 aliphatic carbocycles. The number of nitrogen functional groups attached to an aromatic ring is 2. The number of rotatable bonds is 3. The van der Waals surface area contributed by atoms with E-state index in [9.17, 15) is 9.90 Å². The molecule has 6 heteroatoms. The highest BCUT2D eigenvalue weighted by Gasteiger charge is 2.34. The van der Waals surface area contributed by atoms with Gasteiger partial charge in [0.05, 0.1) is 6.10 Å². The first-order chi connectivity index (χ1) is 9.36. The Morgan fingerprint density at radius 3 is 2.50 bits per heavy atom. The lowest BCUT2D eigenvalue weighted by molar-refractivity contribution is 0.0699. The highest BCUT2D eigenvalue weighted by atomic mass is 16.3. The van der Waals surface area contributed by atoms with Gasteiger partial charge < -0.3 is 26.4 Å². The second kappa shape index (κ2) is 5.68. The minimum atomic E-state index is -0.470. The number of hydrogen-bond acceptors (Lipinski definition) is 5. The number of likely N-dealkylation sites (tertiary alicyclic amines) is 1. The summed E-state index contributed by atoms with van der Waals surface area (Å²) in [4.78, 5) is 16.3. The van der Waals surface area contributed by atoms with Crippen LogP contribution in [0.4, 0.5) is 11.4 Å². The maximum Gasteiger partial charge on any atom is 0.254 e. The maximum atomic E-state index is 12.6. The van der Waals surface area contributed by atoms with Crippen molar-refractivity contribution < 1.29 is 9.90 Å². The molecule has 2 unspecified atom stereocenters. The van der Waals surface area contributed by atoms with E-state index in [0.717, 1.165) is 6.54 Å². The third-order valence-electron chi connectivity index (χ3n) is 3.45. The number of amides is 1. The highest BCUT2D eigenvalue weighted by Crippen LogP contribution is 2.23. The number of nitrogens with zero attached hydrogens (tertiary/aromatic N) is 2. The molecule has 0 radical (unpaired) electrons. The van der Waals surface area contributed by atoms with Gasteiger partial charge in [0, 0.05) is 36.1 Å². The van der Waals surface area contributed by atoms with Gasteiger partial charge in [0.1, 0.15) is 0 Å². The number of β-amino-alcohol motifs (C(OH)–C–C–N with tert-alkyl or cyclic N) is 1. The molecular weight excluding hydrogens is 256 g/mol. The van der Waals surface area contributed by atoms with Crippen LogP contribution in [-0.2, 0) is 0 Å². The van der Waals surface area contributed by atoms with Gasteiger partial charge in [0.15, 0.2) is 0 Å². The molecule has 0 bridgehead atoms. The van der Waals surface area contributed by atoms with Gasteiger partial charge in [-0.1, -0.05) is 0 Å². The number of hydrogen-bond donors (Lipinski definition) is 3. The largest absolute Gasteiger partial charge is 0.399 e. The highest BCUT2D eigenvalue weighted by molar-refractivity contribution is 5.96. The molecule has 6 nitrogen and oxygen atoms in total. The van der Waals surface area contributed by atoms with Crippen molar-refractivity contribution >= 4 is 17.3 Å². The van der Waals surface area contributed by atoms with Crippen molar-refractivity contribution in [3.63, 3.8) is 0 Å². The minimum Gasteiger partial charge on any atom is -0.399 e. The molecule has 1 saturated heterocycles. The number of carbonyl (C=O) groups excluding carboxylic acids is 1. The van der Waals surface area contributed by atoms with Gasteiger partial charge in [-0.2, -0.15) is 0 Å². The van der Waals surface area contributed by atoms with Crippen LogP contribution in [0.15, 0.2) is 18.2 Å². The number of carbonyl (C=O) groups is 1. The Morgan fingerprint density at radius 1 is 1.35 bits per heavy atom. The quantitative estimate of drug-likeness (QED) is 0.676. The molecule has 1 aromatic rings. The van der Waals surface area contributed by atoms with Crippen molar-refractivity contribution in [3.8, 4) is 0 Å². The number of aliphatic hydroxyl groups excluding tert-OH is 1. The fraction of sp³-hybridized carbons (Fsp3) is 0.500. The van der Waals surface area contributed by atoms with Gasteiger partial charge >= 0.3 is 0 Å². The van der Waals surface area contributed by atoms with E-state index < -0.39 is 6.10 Å². The number of nitrogens with two attached hydrogens (primary N) is 2. The van der Waals surface area contributed by atoms with E-state index in [1.54, 1.807) is 23.1 Å². The van der Waals surface area contributed by atoms with Crippen molar-refractivity contribution in [1.82, 2.24) is 9.80 Å². The van der Waals surface area contributed by atoms with Gasteiger partial charge in [-0.15, -0.1) is 0 Å². The predicted molar refractivity (Wildman–Crippen MR) is 79.3 cm³/mol. The molecule has 1 aliphatic heterocycles. The molecule has 1 heterocycles. The third kappa shape index (κ3) is 3.20. The normalized spacial score (nSPS) is 22.5. The van der Waals surface area contributed by atoms with E-state index in [0.29, 0.717) is 29.9 Å². The van der Waals surface area contributed by atoms with E-state index >= 15 is 0 Å². The third-order valence-corrected chi connectivity index (χ3v) is 3.45. The van der Waals surface area contributed by atoms with Crippen LogP contribution < -0.4 is 11.5 Å². The van der Waals surface area contributed by atoms with Gasteiger partial charge in [0.25, 0.3) is 5.91 Å². The Labute approximate surface area is 119 Å². The summed E-state index contributed by atoms with van der Waals surface area (Å²) in [6, 6.07) is 4.87. The SMILES string of the molecule is CN(C)CC1CC(O)CN1C(=O)c1cc(N)cc(N)c1. The molecule has 1 aliphatic rings. The average molecular weight is 278 g/mol. The van der Waals surface area contributed by atoms with Crippen LogP contribution in [0.25, 0.3) is 0 Å². The first-order valence-electron chi connectivity index (χ1n) is 6.66. The van der Waals surface area contributed by atoms with Crippen LogP contribution in [0.1, 0.15) is 16.8 Å². The Morgan fingerprint density at radius 2 is 1.95 bits per heavy atom. The van der Waals surface area contributed by atoms with Crippen molar-refractivity contribution in [2.24, 2.45) is 0 Å². The van der Waals surface area contributed by atoms with E-state index in [1.165, 1.54) is 0 Å². The molecule has 1 amide bonds. The summed E-state index contributed by atoms with van der Waals surface area (Å²) in [6.07, 6.45) is 0.129. The Kier molecular flexibility index (Phi) is 4.15. The van der Waals surface area contributed by atoms with Crippen molar-refractivity contribution in [1.29, 1.82) is 0 Å². The number of anilines is 2. The van der Waals surface area contributed by atoms with Crippen LogP contribution in [0.2, 0.25) is 0 Å². The van der Waals surface area contributed by atoms with Crippen LogP contribution in [0.5, 0.6) is 0 Å². The van der Waals surface area contributed by atoms with Crippen LogP contribution in [-0.4, -0.2) is 60.1 Å². The summed E-state index contributed by atoms with van der Waals surface area (Å²) >= 11 is 0. The molecule has 20 heavy (non-hydrogen) atoms. The molecule has 0 aromatic heterocycles. The van der Waals surface area contributed by atoms with Crippen LogP contribution >= 0.6 is 0 Å².